The lowest BCUT2D eigenvalue weighted by molar-refractivity contribution is 0.0697. The van der Waals surface area contributed by atoms with Crippen LogP contribution in [0.2, 0.25) is 0 Å². The van der Waals surface area contributed by atoms with Gasteiger partial charge >= 0.3 is 5.97 Å². The van der Waals surface area contributed by atoms with Crippen LogP contribution < -0.4 is 5.32 Å². The third kappa shape index (κ3) is 2.96. The molecular weight excluding hydrogens is 248 g/mol. The Morgan fingerprint density at radius 1 is 1.50 bits per heavy atom. The summed E-state index contributed by atoms with van der Waals surface area (Å²) in [6.07, 6.45) is 6.23. The summed E-state index contributed by atoms with van der Waals surface area (Å²) in [6, 6.07) is 1.80. The van der Waals surface area contributed by atoms with E-state index in [0.29, 0.717) is 11.4 Å². The van der Waals surface area contributed by atoms with Gasteiger partial charge in [-0.2, -0.15) is 11.8 Å². The Balaban J connectivity index is 2.27. The molecule has 1 aromatic rings. The van der Waals surface area contributed by atoms with Crippen LogP contribution in [0.5, 0.6) is 0 Å². The highest BCUT2D eigenvalue weighted by Gasteiger charge is 2.18. The lowest BCUT2D eigenvalue weighted by Crippen LogP contribution is -2.15. The SMILES string of the molecule is CSCCNc1nc2c(cc1C(=O)O)CCCC2. The van der Waals surface area contributed by atoms with Crippen molar-refractivity contribution in [2.24, 2.45) is 0 Å². The van der Waals surface area contributed by atoms with Crippen LogP contribution in [0.15, 0.2) is 6.07 Å². The number of nitrogens with one attached hydrogen (secondary N) is 1. The molecule has 0 aromatic carbocycles. The Morgan fingerprint density at radius 2 is 2.28 bits per heavy atom. The smallest absolute Gasteiger partial charge is 0.339 e. The maximum Gasteiger partial charge on any atom is 0.339 e. The second-order valence-electron chi connectivity index (χ2n) is 4.42. The summed E-state index contributed by atoms with van der Waals surface area (Å²) in [5, 5.41) is 12.4. The predicted octanol–water partition coefficient (Wildman–Crippen LogP) is 2.43. The quantitative estimate of drug-likeness (QED) is 0.801. The zero-order valence-corrected chi connectivity index (χ0v) is 11.3. The molecule has 98 valence electrons. The molecule has 0 fully saturated rings. The number of fused-ring (bicyclic) bond motifs is 1. The normalized spacial score (nSPS) is 14.1. The Hall–Kier alpha value is -1.23. The van der Waals surface area contributed by atoms with Gasteiger partial charge in [-0.25, -0.2) is 9.78 Å². The lowest BCUT2D eigenvalue weighted by Gasteiger charge is -2.18. The standard InChI is InChI=1S/C13H18N2O2S/c1-18-7-6-14-12-10(13(16)17)8-9-4-2-3-5-11(9)15-12/h8H,2-7H2,1H3,(H,14,15)(H,16,17). The van der Waals surface area contributed by atoms with Crippen molar-refractivity contribution in [1.82, 2.24) is 4.98 Å². The first-order valence-corrected chi connectivity index (χ1v) is 7.60. The third-order valence-electron chi connectivity index (χ3n) is 3.13. The molecule has 18 heavy (non-hydrogen) atoms. The molecule has 1 aliphatic rings. The van der Waals surface area contributed by atoms with E-state index in [9.17, 15) is 9.90 Å². The predicted molar refractivity (Wildman–Crippen MR) is 74.7 cm³/mol. The first kappa shape index (κ1) is 13.2. The molecule has 5 heteroatoms. The molecule has 0 saturated carbocycles. The van der Waals surface area contributed by atoms with Crippen molar-refractivity contribution < 1.29 is 9.90 Å². The molecule has 4 nitrogen and oxygen atoms in total. The zero-order valence-electron chi connectivity index (χ0n) is 10.5. The van der Waals surface area contributed by atoms with E-state index in [1.807, 2.05) is 6.26 Å². The van der Waals surface area contributed by atoms with Crippen LogP contribution in [0.25, 0.3) is 0 Å². The van der Waals surface area contributed by atoms with Crippen LogP contribution in [-0.2, 0) is 12.8 Å². The van der Waals surface area contributed by atoms with E-state index in [-0.39, 0.29) is 0 Å². The average Bonchev–Trinajstić information content (AvgIpc) is 2.38. The minimum atomic E-state index is -0.900. The van der Waals surface area contributed by atoms with Gasteiger partial charge in [-0.15, -0.1) is 0 Å². The summed E-state index contributed by atoms with van der Waals surface area (Å²) >= 11 is 1.73. The number of aromatic nitrogens is 1. The number of aryl methyl sites for hydroxylation is 2. The Labute approximate surface area is 111 Å². The van der Waals surface area contributed by atoms with Gasteiger partial charge in [0.25, 0.3) is 0 Å². The molecule has 2 N–H and O–H groups in total. The van der Waals surface area contributed by atoms with Gasteiger partial charge in [0.2, 0.25) is 0 Å². The molecule has 0 aliphatic heterocycles. The van der Waals surface area contributed by atoms with Crippen molar-refractivity contribution in [2.45, 2.75) is 25.7 Å². The fourth-order valence-electron chi connectivity index (χ4n) is 2.20. The average molecular weight is 266 g/mol. The van der Waals surface area contributed by atoms with E-state index in [4.69, 9.17) is 0 Å². The van der Waals surface area contributed by atoms with Crippen LogP contribution in [0.1, 0.15) is 34.5 Å². The highest BCUT2D eigenvalue weighted by molar-refractivity contribution is 7.98. The van der Waals surface area contributed by atoms with Crippen molar-refractivity contribution >= 4 is 23.5 Å². The molecule has 1 aliphatic carbocycles. The molecule has 1 heterocycles. The molecule has 0 radical (unpaired) electrons. The monoisotopic (exact) mass is 266 g/mol. The second-order valence-corrected chi connectivity index (χ2v) is 5.41. The minimum absolute atomic E-state index is 0.303. The number of carbonyl (C=O) groups is 1. The van der Waals surface area contributed by atoms with Crippen LogP contribution in [-0.4, -0.2) is 34.6 Å². The van der Waals surface area contributed by atoms with E-state index in [1.54, 1.807) is 17.8 Å². The Morgan fingerprint density at radius 3 is 3.00 bits per heavy atom. The maximum atomic E-state index is 11.3. The van der Waals surface area contributed by atoms with Crippen molar-refractivity contribution in [2.75, 3.05) is 23.9 Å². The van der Waals surface area contributed by atoms with Crippen molar-refractivity contribution in [3.05, 3.63) is 22.9 Å². The summed E-state index contributed by atoms with van der Waals surface area (Å²) in [5.74, 6) is 0.567. The largest absolute Gasteiger partial charge is 0.478 e. The molecule has 0 bridgehead atoms. The van der Waals surface area contributed by atoms with Gasteiger partial charge in [0, 0.05) is 18.0 Å². The minimum Gasteiger partial charge on any atom is -0.478 e. The molecule has 0 unspecified atom stereocenters. The molecular formula is C13H18N2O2S. The number of hydrogen-bond acceptors (Lipinski definition) is 4. The van der Waals surface area contributed by atoms with Gasteiger partial charge in [0.1, 0.15) is 11.4 Å². The zero-order chi connectivity index (χ0) is 13.0. The van der Waals surface area contributed by atoms with Crippen LogP contribution in [0.4, 0.5) is 5.82 Å². The van der Waals surface area contributed by atoms with E-state index >= 15 is 0 Å². The number of aromatic carboxylic acids is 1. The Kier molecular flexibility index (Phi) is 4.47. The van der Waals surface area contributed by atoms with Crippen LogP contribution in [0.3, 0.4) is 0 Å². The number of carboxylic acid groups (broad SMARTS) is 1. The number of pyridine rings is 1. The second kappa shape index (κ2) is 6.09. The van der Waals surface area contributed by atoms with E-state index < -0.39 is 5.97 Å². The molecule has 2 rings (SSSR count). The molecule has 0 atom stereocenters. The van der Waals surface area contributed by atoms with Crippen molar-refractivity contribution in [1.29, 1.82) is 0 Å². The number of rotatable bonds is 5. The van der Waals surface area contributed by atoms with Crippen molar-refractivity contribution in [3.63, 3.8) is 0 Å². The molecule has 0 spiro atoms. The van der Waals surface area contributed by atoms with Gasteiger partial charge in [0.15, 0.2) is 0 Å². The van der Waals surface area contributed by atoms with E-state index in [0.717, 1.165) is 49.2 Å². The summed E-state index contributed by atoms with van der Waals surface area (Å²) < 4.78 is 0. The number of carboxylic acids is 1. The fraction of sp³-hybridized carbons (Fsp3) is 0.538. The lowest BCUT2D eigenvalue weighted by atomic mass is 9.95. The Bertz CT molecular complexity index is 449. The van der Waals surface area contributed by atoms with Gasteiger partial charge < -0.3 is 10.4 Å². The molecule has 0 saturated heterocycles. The fourth-order valence-corrected chi connectivity index (χ4v) is 2.51. The number of anilines is 1. The van der Waals surface area contributed by atoms with E-state index in [1.165, 1.54) is 0 Å². The van der Waals surface area contributed by atoms with Crippen LogP contribution in [0, 0.1) is 0 Å². The summed E-state index contributed by atoms with van der Waals surface area (Å²) in [5.41, 5.74) is 2.48. The summed E-state index contributed by atoms with van der Waals surface area (Å²) in [7, 11) is 0. The van der Waals surface area contributed by atoms with Gasteiger partial charge in [0.05, 0.1) is 0 Å². The third-order valence-corrected chi connectivity index (χ3v) is 3.74. The van der Waals surface area contributed by atoms with E-state index in [2.05, 4.69) is 10.3 Å². The first-order valence-electron chi connectivity index (χ1n) is 6.21. The number of thioether (sulfide) groups is 1. The highest BCUT2D eigenvalue weighted by Crippen LogP contribution is 2.24. The maximum absolute atomic E-state index is 11.3. The van der Waals surface area contributed by atoms with Gasteiger partial charge in [-0.05, 0) is 43.6 Å². The molecule has 1 aromatic heterocycles. The summed E-state index contributed by atoms with van der Waals surface area (Å²) in [6.45, 7) is 0.743. The van der Waals surface area contributed by atoms with Crippen molar-refractivity contribution in [3.8, 4) is 0 Å². The number of nitrogens with zero attached hydrogens (tertiary/aromatic N) is 1. The van der Waals surface area contributed by atoms with Gasteiger partial charge in [-0.3, -0.25) is 0 Å². The number of hydrogen-bond donors (Lipinski definition) is 2. The first-order chi connectivity index (χ1) is 8.72. The summed E-state index contributed by atoms with van der Waals surface area (Å²) in [4.78, 5) is 15.8. The van der Waals surface area contributed by atoms with Crippen LogP contribution >= 0.6 is 11.8 Å². The van der Waals surface area contributed by atoms with Gasteiger partial charge in [-0.1, -0.05) is 0 Å². The topological polar surface area (TPSA) is 62.2 Å². The molecule has 0 amide bonds. The highest BCUT2D eigenvalue weighted by atomic mass is 32.2.